The van der Waals surface area contributed by atoms with Crippen molar-refractivity contribution in [3.05, 3.63) is 28.0 Å². The van der Waals surface area contributed by atoms with Crippen molar-refractivity contribution in [2.45, 2.75) is 6.54 Å². The summed E-state index contributed by atoms with van der Waals surface area (Å²) in [5, 5.41) is 1.03. The van der Waals surface area contributed by atoms with Crippen LogP contribution in [0.2, 0.25) is 10.0 Å². The van der Waals surface area contributed by atoms with Gasteiger partial charge in [0.25, 0.3) is 0 Å². The molecule has 0 aromatic carbocycles. The predicted octanol–water partition coefficient (Wildman–Crippen LogP) is 2.01. The van der Waals surface area contributed by atoms with Crippen LogP contribution in [0, 0.1) is 5.92 Å². The first-order valence-electron chi connectivity index (χ1n) is 6.28. The molecule has 1 aliphatic rings. The Morgan fingerprint density at radius 3 is 3.10 bits per heavy atom. The number of nitrogens with zero attached hydrogens (tertiary/aromatic N) is 2. The maximum Gasteiger partial charge on any atom is 0.312 e. The molecule has 2 heterocycles. The number of hydrogen-bond acceptors (Lipinski definition) is 5. The highest BCUT2D eigenvalue weighted by Gasteiger charge is 2.26. The third-order valence-electron chi connectivity index (χ3n) is 3.14. The second-order valence-corrected chi connectivity index (χ2v) is 5.46. The molecule has 0 radical (unpaired) electrons. The molecule has 7 heteroatoms. The Balaban J connectivity index is 2.05. The zero-order chi connectivity index (χ0) is 14.5. The molecule has 1 aliphatic heterocycles. The predicted molar refractivity (Wildman–Crippen MR) is 75.9 cm³/mol. The van der Waals surface area contributed by atoms with Crippen molar-refractivity contribution in [1.29, 1.82) is 0 Å². The van der Waals surface area contributed by atoms with Crippen molar-refractivity contribution in [3.63, 3.8) is 0 Å². The molecule has 1 aromatic rings. The van der Waals surface area contributed by atoms with Gasteiger partial charge in [0, 0.05) is 25.8 Å². The van der Waals surface area contributed by atoms with Crippen LogP contribution in [0.3, 0.4) is 0 Å². The lowest BCUT2D eigenvalue weighted by Crippen LogP contribution is -2.34. The summed E-state index contributed by atoms with van der Waals surface area (Å²) in [4.78, 5) is 18.0. The molecule has 1 unspecified atom stereocenters. The van der Waals surface area contributed by atoms with Crippen molar-refractivity contribution >= 4 is 29.2 Å². The summed E-state index contributed by atoms with van der Waals surface area (Å²) < 4.78 is 10.2. The van der Waals surface area contributed by atoms with Gasteiger partial charge in [0.15, 0.2) is 0 Å². The first-order chi connectivity index (χ1) is 9.60. The van der Waals surface area contributed by atoms with E-state index < -0.39 is 0 Å². The quantitative estimate of drug-likeness (QED) is 0.798. The molecule has 0 spiro atoms. The minimum absolute atomic E-state index is 0.257. The maximum absolute atomic E-state index is 11.6. The van der Waals surface area contributed by atoms with Gasteiger partial charge >= 0.3 is 5.97 Å². The number of carbonyl (C=O) groups excluding carboxylic acids is 1. The summed E-state index contributed by atoms with van der Waals surface area (Å²) >= 11 is 11.9. The van der Waals surface area contributed by atoms with Gasteiger partial charge in [-0.15, -0.1) is 0 Å². The summed E-state index contributed by atoms with van der Waals surface area (Å²) in [6.07, 6.45) is 1.56. The lowest BCUT2D eigenvalue weighted by atomic mass is 10.1. The smallest absolute Gasteiger partial charge is 0.312 e. The number of halogens is 2. The summed E-state index contributed by atoms with van der Waals surface area (Å²) in [6, 6.07) is 1.66. The van der Waals surface area contributed by atoms with Gasteiger partial charge in [-0.25, -0.2) is 0 Å². The molecular weight excluding hydrogens is 303 g/mol. The van der Waals surface area contributed by atoms with E-state index in [0.717, 1.165) is 5.69 Å². The van der Waals surface area contributed by atoms with Crippen molar-refractivity contribution in [2.75, 3.05) is 33.4 Å². The Kier molecular flexibility index (Phi) is 5.60. The number of esters is 1. The Labute approximate surface area is 127 Å². The van der Waals surface area contributed by atoms with Crippen LogP contribution in [0.5, 0.6) is 0 Å². The molecule has 1 saturated heterocycles. The second-order valence-electron chi connectivity index (χ2n) is 4.61. The number of pyridine rings is 1. The number of methoxy groups -OCH3 is 1. The van der Waals surface area contributed by atoms with Crippen LogP contribution in [0.1, 0.15) is 5.69 Å². The standard InChI is InChI=1S/C13H16Cl2N2O3/c1-19-13(18)9-6-17(2-3-20-8-9)7-12-11(15)4-10(14)5-16-12/h4-5,9H,2-3,6-8H2,1H3. The third kappa shape index (κ3) is 4.06. The third-order valence-corrected chi connectivity index (χ3v) is 3.68. The molecule has 5 nitrogen and oxygen atoms in total. The molecule has 110 valence electrons. The highest BCUT2D eigenvalue weighted by atomic mass is 35.5. The zero-order valence-electron chi connectivity index (χ0n) is 11.1. The summed E-state index contributed by atoms with van der Waals surface area (Å²) in [5.74, 6) is -0.541. The molecule has 0 N–H and O–H groups in total. The summed E-state index contributed by atoms with van der Waals surface area (Å²) in [7, 11) is 1.38. The van der Waals surface area contributed by atoms with Gasteiger partial charge in [-0.1, -0.05) is 23.2 Å². The van der Waals surface area contributed by atoms with Crippen molar-refractivity contribution in [3.8, 4) is 0 Å². The molecule has 20 heavy (non-hydrogen) atoms. The molecule has 0 bridgehead atoms. The fraction of sp³-hybridized carbons (Fsp3) is 0.538. The molecule has 1 atom stereocenters. The Morgan fingerprint density at radius 1 is 1.60 bits per heavy atom. The fourth-order valence-corrected chi connectivity index (χ4v) is 2.54. The first kappa shape index (κ1) is 15.5. The monoisotopic (exact) mass is 318 g/mol. The highest BCUT2D eigenvalue weighted by molar-refractivity contribution is 6.34. The molecule has 0 amide bonds. The Morgan fingerprint density at radius 2 is 2.40 bits per heavy atom. The Bertz CT molecular complexity index is 485. The minimum Gasteiger partial charge on any atom is -0.469 e. The van der Waals surface area contributed by atoms with Gasteiger partial charge in [-0.2, -0.15) is 0 Å². The normalized spacial score (nSPS) is 20.4. The average molecular weight is 319 g/mol. The van der Waals surface area contributed by atoms with Crippen LogP contribution in [-0.2, 0) is 20.8 Å². The summed E-state index contributed by atoms with van der Waals surface area (Å²) in [5.41, 5.74) is 0.738. The molecular formula is C13H16Cl2N2O3. The number of ether oxygens (including phenoxy) is 2. The van der Waals surface area contributed by atoms with E-state index in [0.29, 0.717) is 42.9 Å². The van der Waals surface area contributed by atoms with Gasteiger partial charge in [-0.3, -0.25) is 14.7 Å². The SMILES string of the molecule is COC(=O)C1COCCN(Cc2ncc(Cl)cc2Cl)C1. The Hall–Kier alpha value is -0.880. The highest BCUT2D eigenvalue weighted by Crippen LogP contribution is 2.21. The lowest BCUT2D eigenvalue weighted by molar-refractivity contribution is -0.147. The van der Waals surface area contributed by atoms with Gasteiger partial charge in [-0.05, 0) is 6.07 Å². The molecule has 0 saturated carbocycles. The molecule has 0 aliphatic carbocycles. The van der Waals surface area contributed by atoms with Crippen molar-refractivity contribution < 1.29 is 14.3 Å². The van der Waals surface area contributed by atoms with E-state index in [2.05, 4.69) is 9.88 Å². The minimum atomic E-state index is -0.284. The second kappa shape index (κ2) is 7.22. The maximum atomic E-state index is 11.6. The van der Waals surface area contributed by atoms with Crippen molar-refractivity contribution in [1.82, 2.24) is 9.88 Å². The van der Waals surface area contributed by atoms with E-state index in [9.17, 15) is 4.79 Å². The molecule has 2 rings (SSSR count). The summed E-state index contributed by atoms with van der Waals surface area (Å²) in [6.45, 7) is 2.78. The van der Waals surface area contributed by atoms with Crippen LogP contribution in [0.15, 0.2) is 12.3 Å². The van der Waals surface area contributed by atoms with Crippen LogP contribution in [-0.4, -0.2) is 49.3 Å². The van der Waals surface area contributed by atoms with Crippen LogP contribution < -0.4 is 0 Å². The number of aromatic nitrogens is 1. The van der Waals surface area contributed by atoms with E-state index in [1.54, 1.807) is 12.3 Å². The largest absolute Gasteiger partial charge is 0.469 e. The van der Waals surface area contributed by atoms with Gasteiger partial charge < -0.3 is 9.47 Å². The topological polar surface area (TPSA) is 51.7 Å². The van der Waals surface area contributed by atoms with E-state index in [1.807, 2.05) is 0 Å². The molecule has 1 fully saturated rings. The van der Waals surface area contributed by atoms with Gasteiger partial charge in [0.05, 0.1) is 42.0 Å². The van der Waals surface area contributed by atoms with Gasteiger partial charge in [0.2, 0.25) is 0 Å². The molecule has 1 aromatic heterocycles. The number of hydrogen-bond donors (Lipinski definition) is 0. The average Bonchev–Trinajstić information content (AvgIpc) is 2.66. The zero-order valence-corrected chi connectivity index (χ0v) is 12.7. The first-order valence-corrected chi connectivity index (χ1v) is 7.03. The van der Waals surface area contributed by atoms with E-state index >= 15 is 0 Å². The van der Waals surface area contributed by atoms with E-state index in [1.165, 1.54) is 7.11 Å². The number of carbonyl (C=O) groups is 1. The van der Waals surface area contributed by atoms with Crippen LogP contribution in [0.4, 0.5) is 0 Å². The van der Waals surface area contributed by atoms with Crippen molar-refractivity contribution in [2.24, 2.45) is 5.92 Å². The lowest BCUT2D eigenvalue weighted by Gasteiger charge is -2.22. The van der Waals surface area contributed by atoms with Gasteiger partial charge in [0.1, 0.15) is 0 Å². The van der Waals surface area contributed by atoms with E-state index in [-0.39, 0.29) is 11.9 Å². The van der Waals surface area contributed by atoms with E-state index in [4.69, 9.17) is 32.7 Å². The van der Waals surface area contributed by atoms with Crippen LogP contribution >= 0.6 is 23.2 Å². The number of rotatable bonds is 3. The van der Waals surface area contributed by atoms with Crippen LogP contribution in [0.25, 0.3) is 0 Å². The fourth-order valence-electron chi connectivity index (χ4n) is 2.10.